The van der Waals surface area contributed by atoms with E-state index in [1.165, 1.54) is 16.2 Å². The summed E-state index contributed by atoms with van der Waals surface area (Å²) in [5.41, 5.74) is 6.89. The van der Waals surface area contributed by atoms with Crippen LogP contribution in [0.2, 0.25) is 0 Å². The van der Waals surface area contributed by atoms with Crippen molar-refractivity contribution in [3.8, 4) is 0 Å². The summed E-state index contributed by atoms with van der Waals surface area (Å²) in [6.07, 6.45) is 0.169. The lowest BCUT2D eigenvalue weighted by molar-refractivity contribution is -0.127. The lowest BCUT2D eigenvalue weighted by Crippen LogP contribution is -2.47. The van der Waals surface area contributed by atoms with Gasteiger partial charge in [-0.2, -0.15) is 0 Å². The second-order valence-electron chi connectivity index (χ2n) is 5.39. The minimum absolute atomic E-state index is 0.169. The van der Waals surface area contributed by atoms with E-state index in [4.69, 9.17) is 0 Å². The predicted octanol–water partition coefficient (Wildman–Crippen LogP) is 1.75. The summed E-state index contributed by atoms with van der Waals surface area (Å²) in [6.45, 7) is 2.91. The molecule has 2 heterocycles. The molecule has 1 aromatic carbocycles. The maximum absolute atomic E-state index is 12.1. The Morgan fingerprint density at radius 2 is 2.04 bits per heavy atom. The number of hydrogen-bond acceptors (Lipinski definition) is 6. The molecule has 0 saturated carbocycles. The first kappa shape index (κ1) is 16.8. The summed E-state index contributed by atoms with van der Waals surface area (Å²) in [4.78, 5) is 31.4. The maximum Gasteiger partial charge on any atom is 0.257 e. The van der Waals surface area contributed by atoms with Gasteiger partial charge >= 0.3 is 0 Å². The smallest absolute Gasteiger partial charge is 0.257 e. The number of aromatic nitrogens is 1. The number of nitrogens with one attached hydrogen (secondary N) is 2. The maximum atomic E-state index is 12.1. The van der Waals surface area contributed by atoms with Crippen LogP contribution >= 0.6 is 23.1 Å². The second-order valence-corrected chi connectivity index (χ2v) is 7.47. The highest BCUT2D eigenvalue weighted by molar-refractivity contribution is 7.99. The molecule has 0 spiro atoms. The minimum Gasteiger partial charge on any atom is -0.360 e. The van der Waals surface area contributed by atoms with Crippen LogP contribution in [0, 0.1) is 6.92 Å². The van der Waals surface area contributed by atoms with Crippen molar-refractivity contribution >= 4 is 40.6 Å². The fourth-order valence-electron chi connectivity index (χ4n) is 2.41. The van der Waals surface area contributed by atoms with Crippen LogP contribution in [0.3, 0.4) is 0 Å². The molecule has 6 nitrogen and oxygen atoms in total. The molecule has 0 unspecified atom stereocenters. The minimum atomic E-state index is -0.271. The van der Waals surface area contributed by atoms with E-state index in [0.717, 1.165) is 28.7 Å². The highest BCUT2D eigenvalue weighted by Gasteiger charge is 2.19. The Morgan fingerprint density at radius 1 is 1.25 bits per heavy atom. The summed E-state index contributed by atoms with van der Waals surface area (Å²) in [6, 6.07) is 8.03. The number of thiazole rings is 1. The molecule has 2 aromatic rings. The van der Waals surface area contributed by atoms with Crippen LogP contribution in [0.1, 0.15) is 10.7 Å². The van der Waals surface area contributed by atoms with Crippen molar-refractivity contribution in [2.75, 3.05) is 23.7 Å². The van der Waals surface area contributed by atoms with Gasteiger partial charge in [0.25, 0.3) is 5.91 Å². The average Bonchev–Trinajstić information content (AvgIpc) is 2.98. The van der Waals surface area contributed by atoms with Gasteiger partial charge in [0.15, 0.2) is 0 Å². The van der Waals surface area contributed by atoms with Crippen molar-refractivity contribution in [3.05, 3.63) is 40.3 Å². The SMILES string of the molecule is Cc1csc(CC(=O)NNC(=O)CN2CCSc3ccccc32)n1. The zero-order valence-electron chi connectivity index (χ0n) is 13.2. The molecule has 3 rings (SSSR count). The van der Waals surface area contributed by atoms with Crippen LogP contribution in [-0.2, 0) is 16.0 Å². The lowest BCUT2D eigenvalue weighted by atomic mass is 10.2. The molecular formula is C16H18N4O2S2. The second kappa shape index (κ2) is 7.67. The number of hydrogen-bond donors (Lipinski definition) is 2. The Bertz CT molecular complexity index is 747. The Balaban J connectivity index is 1.49. The van der Waals surface area contributed by atoms with Gasteiger partial charge < -0.3 is 4.90 Å². The standard InChI is InChI=1S/C16H18N4O2S2/c1-11-10-24-16(17-11)8-14(21)18-19-15(22)9-20-6-7-23-13-5-3-2-4-12(13)20/h2-5,10H,6-9H2,1H3,(H,18,21)(H,19,22). The van der Waals surface area contributed by atoms with Crippen LogP contribution in [0.25, 0.3) is 0 Å². The Kier molecular flexibility index (Phi) is 5.37. The Hall–Kier alpha value is -2.06. The van der Waals surface area contributed by atoms with E-state index >= 15 is 0 Å². The van der Waals surface area contributed by atoms with Gasteiger partial charge in [0, 0.05) is 28.3 Å². The van der Waals surface area contributed by atoms with Gasteiger partial charge in [0.2, 0.25) is 5.91 Å². The van der Waals surface area contributed by atoms with Crippen LogP contribution in [0.5, 0.6) is 0 Å². The number of nitrogens with zero attached hydrogens (tertiary/aromatic N) is 2. The van der Waals surface area contributed by atoms with Crippen LogP contribution in [0.15, 0.2) is 34.5 Å². The number of para-hydroxylation sites is 1. The normalized spacial score (nSPS) is 13.3. The van der Waals surface area contributed by atoms with Crippen molar-refractivity contribution in [1.29, 1.82) is 0 Å². The molecule has 0 saturated heterocycles. The molecule has 0 fully saturated rings. The summed E-state index contributed by atoms with van der Waals surface area (Å²) in [5.74, 6) is 0.438. The number of benzene rings is 1. The third-order valence-corrected chi connectivity index (χ3v) is 5.49. The quantitative estimate of drug-likeness (QED) is 0.811. The van der Waals surface area contributed by atoms with E-state index in [9.17, 15) is 9.59 Å². The van der Waals surface area contributed by atoms with Crippen LogP contribution in [-0.4, -0.2) is 35.6 Å². The predicted molar refractivity (Wildman–Crippen MR) is 96.2 cm³/mol. The van der Waals surface area contributed by atoms with Crippen molar-refractivity contribution in [2.45, 2.75) is 18.2 Å². The highest BCUT2D eigenvalue weighted by atomic mass is 32.2. The third-order valence-electron chi connectivity index (χ3n) is 3.48. The molecule has 0 atom stereocenters. The largest absolute Gasteiger partial charge is 0.360 e. The number of carbonyl (C=O) groups excluding carboxylic acids is 2. The highest BCUT2D eigenvalue weighted by Crippen LogP contribution is 2.33. The number of rotatable bonds is 4. The molecule has 8 heteroatoms. The van der Waals surface area contributed by atoms with Gasteiger partial charge in [-0.1, -0.05) is 12.1 Å². The number of fused-ring (bicyclic) bond motifs is 1. The third kappa shape index (κ3) is 4.27. The van der Waals surface area contributed by atoms with Gasteiger partial charge in [-0.15, -0.1) is 23.1 Å². The van der Waals surface area contributed by atoms with Crippen molar-refractivity contribution in [3.63, 3.8) is 0 Å². The molecule has 0 bridgehead atoms. The summed E-state index contributed by atoms with van der Waals surface area (Å²) in [5, 5.41) is 2.63. The first-order chi connectivity index (χ1) is 11.6. The van der Waals surface area contributed by atoms with E-state index in [1.54, 1.807) is 11.8 Å². The molecule has 2 N–H and O–H groups in total. The molecule has 0 aliphatic carbocycles. The summed E-state index contributed by atoms with van der Waals surface area (Å²) >= 11 is 3.23. The van der Waals surface area contributed by atoms with Crippen molar-refractivity contribution < 1.29 is 9.59 Å². The number of anilines is 1. The van der Waals surface area contributed by atoms with Gasteiger partial charge in [0.05, 0.1) is 18.7 Å². The molecule has 126 valence electrons. The van der Waals surface area contributed by atoms with Crippen molar-refractivity contribution in [1.82, 2.24) is 15.8 Å². The van der Waals surface area contributed by atoms with Crippen molar-refractivity contribution in [2.24, 2.45) is 0 Å². The number of hydrazine groups is 1. The molecule has 1 aromatic heterocycles. The summed E-state index contributed by atoms with van der Waals surface area (Å²) in [7, 11) is 0. The van der Waals surface area contributed by atoms with Gasteiger partial charge in [-0.25, -0.2) is 4.98 Å². The number of thioether (sulfide) groups is 1. The van der Waals surface area contributed by atoms with E-state index in [2.05, 4.69) is 21.9 Å². The molecule has 24 heavy (non-hydrogen) atoms. The number of aryl methyl sites for hydroxylation is 1. The van der Waals surface area contributed by atoms with Gasteiger partial charge in [0.1, 0.15) is 5.01 Å². The lowest BCUT2D eigenvalue weighted by Gasteiger charge is -2.30. The van der Waals surface area contributed by atoms with Crippen LogP contribution in [0.4, 0.5) is 5.69 Å². The van der Waals surface area contributed by atoms with Crippen LogP contribution < -0.4 is 15.8 Å². The number of amides is 2. The Labute approximate surface area is 148 Å². The van der Waals surface area contributed by atoms with Gasteiger partial charge in [-0.3, -0.25) is 20.4 Å². The van der Waals surface area contributed by atoms with E-state index in [-0.39, 0.29) is 24.8 Å². The average molecular weight is 362 g/mol. The molecule has 2 amide bonds. The Morgan fingerprint density at radius 3 is 2.83 bits per heavy atom. The van der Waals surface area contributed by atoms with E-state index in [0.29, 0.717) is 0 Å². The fourth-order valence-corrected chi connectivity index (χ4v) is 4.23. The molecule has 1 aliphatic rings. The number of carbonyl (C=O) groups is 2. The molecular weight excluding hydrogens is 344 g/mol. The van der Waals surface area contributed by atoms with E-state index < -0.39 is 0 Å². The monoisotopic (exact) mass is 362 g/mol. The fraction of sp³-hybridized carbons (Fsp3) is 0.312. The topological polar surface area (TPSA) is 74.3 Å². The zero-order valence-corrected chi connectivity index (χ0v) is 14.9. The first-order valence-electron chi connectivity index (χ1n) is 7.57. The van der Waals surface area contributed by atoms with Gasteiger partial charge in [-0.05, 0) is 19.1 Å². The van der Waals surface area contributed by atoms with E-state index in [1.807, 2.05) is 35.4 Å². The zero-order chi connectivity index (χ0) is 16.9. The first-order valence-corrected chi connectivity index (χ1v) is 9.44. The molecule has 0 radical (unpaired) electrons. The summed E-state index contributed by atoms with van der Waals surface area (Å²) < 4.78 is 0. The molecule has 1 aliphatic heterocycles.